The SMILES string of the molecule is Cc1c(N)ncnc1Sc1ccc(F)cc1. The fourth-order valence-electron chi connectivity index (χ4n) is 1.16. The number of rotatable bonds is 2. The average Bonchev–Trinajstić information content (AvgIpc) is 2.28. The van der Waals surface area contributed by atoms with Gasteiger partial charge in [0, 0.05) is 10.5 Å². The zero-order valence-corrected chi connectivity index (χ0v) is 9.46. The van der Waals surface area contributed by atoms with E-state index in [-0.39, 0.29) is 5.82 Å². The van der Waals surface area contributed by atoms with Gasteiger partial charge in [-0.2, -0.15) is 0 Å². The first kappa shape index (κ1) is 10.9. The maximum Gasteiger partial charge on any atom is 0.130 e. The maximum atomic E-state index is 12.7. The Labute approximate surface area is 96.9 Å². The van der Waals surface area contributed by atoms with Gasteiger partial charge in [-0.3, -0.25) is 0 Å². The molecule has 2 rings (SSSR count). The number of nitrogen functional groups attached to an aromatic ring is 1. The highest BCUT2D eigenvalue weighted by Crippen LogP contribution is 2.29. The van der Waals surface area contributed by atoms with Crippen LogP contribution < -0.4 is 5.73 Å². The molecule has 0 aliphatic carbocycles. The molecule has 16 heavy (non-hydrogen) atoms. The first-order valence-electron chi connectivity index (χ1n) is 4.67. The third-order valence-electron chi connectivity index (χ3n) is 2.10. The van der Waals surface area contributed by atoms with Crippen molar-refractivity contribution in [2.45, 2.75) is 16.8 Å². The number of anilines is 1. The zero-order chi connectivity index (χ0) is 11.5. The molecule has 2 aromatic rings. The Hall–Kier alpha value is -1.62. The van der Waals surface area contributed by atoms with Crippen LogP contribution in [0.1, 0.15) is 5.56 Å². The van der Waals surface area contributed by atoms with Crippen molar-refractivity contribution in [2.24, 2.45) is 0 Å². The van der Waals surface area contributed by atoms with Gasteiger partial charge in [0.05, 0.1) is 0 Å². The Bertz CT molecular complexity index is 499. The largest absolute Gasteiger partial charge is 0.383 e. The smallest absolute Gasteiger partial charge is 0.130 e. The molecule has 0 aliphatic heterocycles. The Morgan fingerprint density at radius 3 is 2.56 bits per heavy atom. The summed E-state index contributed by atoms with van der Waals surface area (Å²) in [6.45, 7) is 1.86. The second kappa shape index (κ2) is 4.49. The fraction of sp³-hybridized carbons (Fsp3) is 0.0909. The quantitative estimate of drug-likeness (QED) is 0.813. The third-order valence-corrected chi connectivity index (χ3v) is 3.22. The lowest BCUT2D eigenvalue weighted by Crippen LogP contribution is -1.97. The fourth-order valence-corrected chi connectivity index (χ4v) is 2.02. The molecule has 0 unspecified atom stereocenters. The van der Waals surface area contributed by atoms with Gasteiger partial charge in [0.25, 0.3) is 0 Å². The second-order valence-electron chi connectivity index (χ2n) is 3.25. The van der Waals surface area contributed by atoms with Crippen LogP contribution >= 0.6 is 11.8 Å². The number of aromatic nitrogens is 2. The molecule has 0 atom stereocenters. The van der Waals surface area contributed by atoms with Crippen molar-refractivity contribution in [3.8, 4) is 0 Å². The van der Waals surface area contributed by atoms with Crippen LogP contribution in [0.5, 0.6) is 0 Å². The highest BCUT2D eigenvalue weighted by Gasteiger charge is 2.06. The molecule has 82 valence electrons. The van der Waals surface area contributed by atoms with E-state index >= 15 is 0 Å². The summed E-state index contributed by atoms with van der Waals surface area (Å²) in [6, 6.07) is 6.25. The minimum Gasteiger partial charge on any atom is -0.383 e. The van der Waals surface area contributed by atoms with Crippen molar-refractivity contribution < 1.29 is 4.39 Å². The zero-order valence-electron chi connectivity index (χ0n) is 8.64. The van der Waals surface area contributed by atoms with E-state index in [1.165, 1.54) is 30.2 Å². The van der Waals surface area contributed by atoms with Crippen LogP contribution in [-0.2, 0) is 0 Å². The lowest BCUT2D eigenvalue weighted by Gasteiger charge is -2.05. The van der Waals surface area contributed by atoms with Crippen LogP contribution in [0, 0.1) is 12.7 Å². The summed E-state index contributed by atoms with van der Waals surface area (Å²) in [5.74, 6) is 0.225. The summed E-state index contributed by atoms with van der Waals surface area (Å²) in [5, 5.41) is 0.791. The summed E-state index contributed by atoms with van der Waals surface area (Å²) in [7, 11) is 0. The topological polar surface area (TPSA) is 51.8 Å². The molecule has 0 fully saturated rings. The molecule has 0 saturated heterocycles. The molecule has 0 aliphatic rings. The van der Waals surface area contributed by atoms with E-state index in [2.05, 4.69) is 9.97 Å². The van der Waals surface area contributed by atoms with E-state index in [4.69, 9.17) is 5.73 Å². The Morgan fingerprint density at radius 2 is 1.88 bits per heavy atom. The molecule has 0 radical (unpaired) electrons. The minimum absolute atomic E-state index is 0.247. The molecular formula is C11H10FN3S. The molecule has 3 nitrogen and oxygen atoms in total. The molecule has 1 aromatic heterocycles. The molecule has 5 heteroatoms. The van der Waals surface area contributed by atoms with Gasteiger partial charge in [-0.1, -0.05) is 11.8 Å². The summed E-state index contributed by atoms with van der Waals surface area (Å²) < 4.78 is 12.7. The van der Waals surface area contributed by atoms with Gasteiger partial charge in [0.1, 0.15) is 23.0 Å². The van der Waals surface area contributed by atoms with Crippen molar-refractivity contribution in [1.82, 2.24) is 9.97 Å². The van der Waals surface area contributed by atoms with Crippen LogP contribution in [0.2, 0.25) is 0 Å². The first-order valence-corrected chi connectivity index (χ1v) is 5.49. The van der Waals surface area contributed by atoms with Gasteiger partial charge >= 0.3 is 0 Å². The van der Waals surface area contributed by atoms with E-state index < -0.39 is 0 Å². The second-order valence-corrected chi connectivity index (χ2v) is 4.31. The van der Waals surface area contributed by atoms with Crippen LogP contribution in [0.25, 0.3) is 0 Å². The molecule has 0 spiro atoms. The molecule has 0 bridgehead atoms. The molecule has 2 N–H and O–H groups in total. The van der Waals surface area contributed by atoms with E-state index in [9.17, 15) is 4.39 Å². The van der Waals surface area contributed by atoms with E-state index in [0.29, 0.717) is 5.82 Å². The standard InChI is InChI=1S/C11H10FN3S/c1-7-10(13)14-6-15-11(7)16-9-4-2-8(12)3-5-9/h2-6H,1H3,(H2,13,14,15). The summed E-state index contributed by atoms with van der Waals surface area (Å²) in [5.41, 5.74) is 6.52. The van der Waals surface area contributed by atoms with Crippen molar-refractivity contribution in [3.63, 3.8) is 0 Å². The van der Waals surface area contributed by atoms with Crippen molar-refractivity contribution in [1.29, 1.82) is 0 Å². The summed E-state index contributed by atoms with van der Waals surface area (Å²) in [4.78, 5) is 8.94. The van der Waals surface area contributed by atoms with Crippen LogP contribution in [0.15, 0.2) is 40.5 Å². The Kier molecular flexibility index (Phi) is 3.05. The lowest BCUT2D eigenvalue weighted by molar-refractivity contribution is 0.626. The number of halogens is 1. The highest BCUT2D eigenvalue weighted by atomic mass is 32.2. The predicted octanol–water partition coefficient (Wildman–Crippen LogP) is 2.66. The highest BCUT2D eigenvalue weighted by molar-refractivity contribution is 7.99. The van der Waals surface area contributed by atoms with Gasteiger partial charge in [0.2, 0.25) is 0 Å². The molecular weight excluding hydrogens is 225 g/mol. The van der Waals surface area contributed by atoms with Crippen LogP contribution in [0.4, 0.5) is 10.2 Å². The molecule has 0 amide bonds. The van der Waals surface area contributed by atoms with Crippen molar-refractivity contribution >= 4 is 17.6 Å². The minimum atomic E-state index is -0.247. The Morgan fingerprint density at radius 1 is 1.19 bits per heavy atom. The van der Waals surface area contributed by atoms with Gasteiger partial charge in [-0.25, -0.2) is 14.4 Å². The van der Waals surface area contributed by atoms with Gasteiger partial charge in [0.15, 0.2) is 0 Å². The lowest BCUT2D eigenvalue weighted by atomic mass is 10.3. The van der Waals surface area contributed by atoms with Crippen LogP contribution in [0.3, 0.4) is 0 Å². The van der Waals surface area contributed by atoms with E-state index in [1.807, 2.05) is 6.92 Å². The molecule has 1 heterocycles. The van der Waals surface area contributed by atoms with E-state index in [1.54, 1.807) is 12.1 Å². The number of hydrogen-bond donors (Lipinski definition) is 1. The van der Waals surface area contributed by atoms with Crippen molar-refractivity contribution in [2.75, 3.05) is 5.73 Å². The van der Waals surface area contributed by atoms with Gasteiger partial charge < -0.3 is 5.73 Å². The number of nitrogens with two attached hydrogens (primary N) is 1. The molecule has 0 saturated carbocycles. The summed E-state index contributed by atoms with van der Waals surface area (Å²) >= 11 is 1.44. The average molecular weight is 235 g/mol. The Balaban J connectivity index is 2.27. The predicted molar refractivity (Wildman–Crippen MR) is 61.7 cm³/mol. The number of nitrogens with zero attached hydrogens (tertiary/aromatic N) is 2. The van der Waals surface area contributed by atoms with Gasteiger partial charge in [-0.15, -0.1) is 0 Å². The normalized spacial score (nSPS) is 10.4. The van der Waals surface area contributed by atoms with Crippen molar-refractivity contribution in [3.05, 3.63) is 42.0 Å². The van der Waals surface area contributed by atoms with Gasteiger partial charge in [-0.05, 0) is 31.2 Å². The first-order chi connectivity index (χ1) is 7.66. The third kappa shape index (κ3) is 2.30. The maximum absolute atomic E-state index is 12.7. The number of hydrogen-bond acceptors (Lipinski definition) is 4. The number of benzene rings is 1. The van der Waals surface area contributed by atoms with Crippen LogP contribution in [-0.4, -0.2) is 9.97 Å². The molecule has 1 aromatic carbocycles. The van der Waals surface area contributed by atoms with E-state index in [0.717, 1.165) is 15.5 Å². The summed E-state index contributed by atoms with van der Waals surface area (Å²) in [6.07, 6.45) is 1.42. The monoisotopic (exact) mass is 235 g/mol.